The van der Waals surface area contributed by atoms with Gasteiger partial charge in [0.05, 0.1) is 13.2 Å². The lowest BCUT2D eigenvalue weighted by Crippen LogP contribution is -2.37. The maximum Gasteiger partial charge on any atom is 0.421 e. The Hall–Kier alpha value is -2.43. The molecule has 1 aromatic heterocycles. The van der Waals surface area contributed by atoms with E-state index in [1.807, 2.05) is 18.2 Å². The highest BCUT2D eigenvalue weighted by Crippen LogP contribution is 2.36. The van der Waals surface area contributed by atoms with Crippen LogP contribution in [0.2, 0.25) is 0 Å². The minimum absolute atomic E-state index is 0.0476. The van der Waals surface area contributed by atoms with Crippen LogP contribution in [0.4, 0.5) is 30.6 Å². The molecule has 3 heterocycles. The molecule has 5 rings (SSSR count). The second kappa shape index (κ2) is 8.25. The molecule has 10 heteroatoms. The number of aromatic nitrogens is 2. The second-order valence-electron chi connectivity index (χ2n) is 8.14. The van der Waals surface area contributed by atoms with E-state index in [1.54, 1.807) is 0 Å². The lowest BCUT2D eigenvalue weighted by Gasteiger charge is -2.30. The largest absolute Gasteiger partial charge is 0.421 e. The summed E-state index contributed by atoms with van der Waals surface area (Å²) in [5.74, 6) is -0.0373. The van der Waals surface area contributed by atoms with E-state index in [0.717, 1.165) is 56.3 Å². The normalized spacial score (nSPS) is 20.0. The quantitative estimate of drug-likeness (QED) is 0.719. The van der Waals surface area contributed by atoms with Gasteiger partial charge in [-0.1, -0.05) is 6.07 Å². The molecular formula is C21H24F3N5O2. The minimum atomic E-state index is -4.50. The number of fused-ring (bicyclic) bond motifs is 1. The number of hydrogen-bond acceptors (Lipinski definition) is 7. The van der Waals surface area contributed by atoms with Gasteiger partial charge in [-0.15, -0.1) is 0 Å². The van der Waals surface area contributed by atoms with Crippen molar-refractivity contribution in [2.75, 3.05) is 36.9 Å². The molecule has 0 spiro atoms. The summed E-state index contributed by atoms with van der Waals surface area (Å²) in [6, 6.07) is 6.01. The highest BCUT2D eigenvalue weighted by atomic mass is 19.4. The van der Waals surface area contributed by atoms with Gasteiger partial charge in [-0.2, -0.15) is 18.2 Å². The Bertz CT molecular complexity index is 945. The van der Waals surface area contributed by atoms with E-state index in [1.165, 1.54) is 5.56 Å². The molecule has 2 aliphatic heterocycles. The zero-order valence-corrected chi connectivity index (χ0v) is 16.9. The molecule has 7 nitrogen and oxygen atoms in total. The van der Waals surface area contributed by atoms with Gasteiger partial charge in [0.15, 0.2) is 6.29 Å². The molecule has 3 aliphatic rings. The van der Waals surface area contributed by atoms with Crippen molar-refractivity contribution in [1.82, 2.24) is 14.9 Å². The summed E-state index contributed by atoms with van der Waals surface area (Å²) in [5, 5.41) is 5.92. The molecule has 1 aliphatic carbocycles. The van der Waals surface area contributed by atoms with E-state index in [4.69, 9.17) is 9.47 Å². The van der Waals surface area contributed by atoms with Crippen LogP contribution in [-0.4, -0.2) is 53.5 Å². The Labute approximate surface area is 178 Å². The number of ether oxygens (including phenoxy) is 2. The first-order valence-corrected chi connectivity index (χ1v) is 10.5. The fraction of sp³-hybridized carbons (Fsp3) is 0.524. The third kappa shape index (κ3) is 4.91. The number of nitrogens with zero attached hydrogens (tertiary/aromatic N) is 3. The number of nitrogens with one attached hydrogen (secondary N) is 2. The van der Waals surface area contributed by atoms with E-state index in [9.17, 15) is 13.2 Å². The van der Waals surface area contributed by atoms with Crippen molar-refractivity contribution >= 4 is 17.5 Å². The Balaban J connectivity index is 1.31. The van der Waals surface area contributed by atoms with Crippen LogP contribution in [0.5, 0.6) is 0 Å². The molecule has 1 aromatic carbocycles. The monoisotopic (exact) mass is 435 g/mol. The van der Waals surface area contributed by atoms with Crippen LogP contribution in [-0.2, 0) is 28.6 Å². The molecule has 2 aromatic rings. The summed E-state index contributed by atoms with van der Waals surface area (Å²) in [7, 11) is 0. The first-order valence-electron chi connectivity index (χ1n) is 10.5. The molecule has 0 atom stereocenters. The fourth-order valence-corrected chi connectivity index (χ4v) is 3.88. The Morgan fingerprint density at radius 1 is 1.13 bits per heavy atom. The van der Waals surface area contributed by atoms with Crippen molar-refractivity contribution in [2.24, 2.45) is 0 Å². The van der Waals surface area contributed by atoms with E-state index in [0.29, 0.717) is 13.2 Å². The number of rotatable bonds is 6. The van der Waals surface area contributed by atoms with Crippen LogP contribution in [0.1, 0.15) is 29.5 Å². The van der Waals surface area contributed by atoms with Gasteiger partial charge >= 0.3 is 6.18 Å². The zero-order chi connectivity index (χ0) is 21.4. The fourth-order valence-electron chi connectivity index (χ4n) is 3.88. The van der Waals surface area contributed by atoms with Gasteiger partial charge < -0.3 is 20.1 Å². The molecule has 0 bridgehead atoms. The Kier molecular flexibility index (Phi) is 5.45. The smallest absolute Gasteiger partial charge is 0.367 e. The summed E-state index contributed by atoms with van der Waals surface area (Å²) in [4.78, 5) is 10.3. The van der Waals surface area contributed by atoms with E-state index < -0.39 is 11.7 Å². The third-order valence-corrected chi connectivity index (χ3v) is 5.66. The van der Waals surface area contributed by atoms with Crippen LogP contribution in [0, 0.1) is 0 Å². The first-order chi connectivity index (χ1) is 14.9. The number of alkyl halides is 3. The second-order valence-corrected chi connectivity index (χ2v) is 8.14. The van der Waals surface area contributed by atoms with Crippen molar-refractivity contribution < 1.29 is 22.6 Å². The predicted octanol–water partition coefficient (Wildman–Crippen LogP) is 3.54. The highest BCUT2D eigenvalue weighted by molar-refractivity contribution is 5.59. The van der Waals surface area contributed by atoms with Crippen molar-refractivity contribution in [2.45, 2.75) is 44.3 Å². The molecule has 31 heavy (non-hydrogen) atoms. The Morgan fingerprint density at radius 2 is 1.94 bits per heavy atom. The maximum absolute atomic E-state index is 13.3. The molecule has 0 radical (unpaired) electrons. The van der Waals surface area contributed by atoms with Crippen molar-refractivity contribution in [1.29, 1.82) is 0 Å². The van der Waals surface area contributed by atoms with Gasteiger partial charge in [0.2, 0.25) is 5.95 Å². The van der Waals surface area contributed by atoms with Gasteiger partial charge in [0, 0.05) is 37.6 Å². The summed E-state index contributed by atoms with van der Waals surface area (Å²) in [5.41, 5.74) is 2.32. The number of halogens is 3. The molecule has 1 saturated carbocycles. The Morgan fingerprint density at radius 3 is 2.68 bits per heavy atom. The molecule has 2 fully saturated rings. The SMILES string of the molecule is FC(F)(F)c1cnc(Nc2ccc3c(c2)CN(CC2OCCO2)CC3)nc1NC1CC1. The van der Waals surface area contributed by atoms with Gasteiger partial charge in [0.25, 0.3) is 0 Å². The summed E-state index contributed by atoms with van der Waals surface area (Å²) in [6.07, 6.45) is -1.22. The maximum atomic E-state index is 13.3. The lowest BCUT2D eigenvalue weighted by atomic mass is 9.99. The predicted molar refractivity (Wildman–Crippen MR) is 108 cm³/mol. The van der Waals surface area contributed by atoms with Crippen LogP contribution < -0.4 is 10.6 Å². The van der Waals surface area contributed by atoms with Gasteiger partial charge in [-0.3, -0.25) is 4.90 Å². The van der Waals surface area contributed by atoms with Crippen LogP contribution in [0.3, 0.4) is 0 Å². The molecule has 1 saturated heterocycles. The van der Waals surface area contributed by atoms with Gasteiger partial charge in [-0.25, -0.2) is 4.98 Å². The first kappa shape index (κ1) is 20.5. The minimum Gasteiger partial charge on any atom is -0.367 e. The summed E-state index contributed by atoms with van der Waals surface area (Å²) < 4.78 is 50.9. The van der Waals surface area contributed by atoms with Crippen LogP contribution in [0.25, 0.3) is 0 Å². The number of anilines is 3. The average Bonchev–Trinajstić information content (AvgIpc) is 3.39. The molecular weight excluding hydrogens is 411 g/mol. The average molecular weight is 435 g/mol. The topological polar surface area (TPSA) is 71.5 Å². The third-order valence-electron chi connectivity index (χ3n) is 5.66. The lowest BCUT2D eigenvalue weighted by molar-refractivity contribution is -0.137. The van der Waals surface area contributed by atoms with Gasteiger partial charge in [0.1, 0.15) is 11.4 Å². The molecule has 0 unspecified atom stereocenters. The van der Waals surface area contributed by atoms with E-state index in [-0.39, 0.29) is 24.1 Å². The van der Waals surface area contributed by atoms with E-state index in [2.05, 4.69) is 25.5 Å². The number of hydrogen-bond donors (Lipinski definition) is 2. The van der Waals surface area contributed by atoms with Crippen LogP contribution in [0.15, 0.2) is 24.4 Å². The van der Waals surface area contributed by atoms with Crippen molar-refractivity contribution in [3.05, 3.63) is 41.1 Å². The highest BCUT2D eigenvalue weighted by Gasteiger charge is 2.37. The summed E-state index contributed by atoms with van der Waals surface area (Å²) >= 11 is 0. The molecule has 2 N–H and O–H groups in total. The molecule has 166 valence electrons. The van der Waals surface area contributed by atoms with Crippen LogP contribution >= 0.6 is 0 Å². The molecule has 0 amide bonds. The standard InChI is InChI=1S/C21H24F3N5O2/c22-21(23,24)17-10-25-20(28-19(17)26-15-3-4-15)27-16-2-1-13-5-6-29(11-14(13)9-16)12-18-30-7-8-31-18/h1-2,9-10,15,18H,3-8,11-12H2,(H2,25,26,27,28). The number of benzene rings is 1. The van der Waals surface area contributed by atoms with Crippen molar-refractivity contribution in [3.8, 4) is 0 Å². The van der Waals surface area contributed by atoms with E-state index >= 15 is 0 Å². The van der Waals surface area contributed by atoms with Crippen molar-refractivity contribution in [3.63, 3.8) is 0 Å². The van der Waals surface area contributed by atoms with Gasteiger partial charge in [-0.05, 0) is 42.5 Å². The summed E-state index contributed by atoms with van der Waals surface area (Å²) in [6.45, 7) is 3.68. The zero-order valence-electron chi connectivity index (χ0n) is 16.9.